The highest BCUT2D eigenvalue weighted by Crippen LogP contribution is 2.21. The zero-order valence-corrected chi connectivity index (χ0v) is 9.10. The quantitative estimate of drug-likeness (QED) is 0.513. The molecule has 0 aliphatic heterocycles. The van der Waals surface area contributed by atoms with Crippen molar-refractivity contribution in [3.8, 4) is 0 Å². The first-order valence-electron chi connectivity index (χ1n) is 6.08. The van der Waals surface area contributed by atoms with Gasteiger partial charge in [0.2, 0.25) is 0 Å². The second-order valence-electron chi connectivity index (χ2n) is 4.31. The van der Waals surface area contributed by atoms with Crippen LogP contribution in [0.15, 0.2) is 12.2 Å². The maximum Gasteiger partial charge on any atom is -0.0351 e. The number of allylic oxidation sites excluding steroid dienone is 2. The molecule has 0 spiro atoms. The lowest BCUT2D eigenvalue weighted by molar-refractivity contribution is 0.407. The van der Waals surface area contributed by atoms with Gasteiger partial charge in [0.25, 0.3) is 0 Å². The Morgan fingerprint density at radius 2 is 1.62 bits per heavy atom. The molecule has 1 rings (SSSR count). The summed E-state index contributed by atoms with van der Waals surface area (Å²) in [7, 11) is 0. The smallest absolute Gasteiger partial charge is 0.0351 e. The minimum Gasteiger partial charge on any atom is -0.0885 e. The summed E-state index contributed by atoms with van der Waals surface area (Å²) in [5.41, 5.74) is 0. The van der Waals surface area contributed by atoms with Crippen LogP contribution >= 0.6 is 0 Å². The maximum absolute atomic E-state index is 2.39. The van der Waals surface area contributed by atoms with Crippen LogP contribution in [0.3, 0.4) is 0 Å². The lowest BCUT2D eigenvalue weighted by atomic mass is 9.93. The predicted octanol–water partition coefficient (Wildman–Crippen LogP) is 4.70. The van der Waals surface area contributed by atoms with Gasteiger partial charge < -0.3 is 0 Å². The Hall–Kier alpha value is -0.260. The Bertz CT molecular complexity index is 135. The van der Waals surface area contributed by atoms with Crippen LogP contribution in [0.4, 0.5) is 0 Å². The molecule has 1 aliphatic rings. The van der Waals surface area contributed by atoms with E-state index in [9.17, 15) is 0 Å². The molecular weight excluding hydrogens is 156 g/mol. The third-order valence-electron chi connectivity index (χ3n) is 3.21. The topological polar surface area (TPSA) is 0 Å². The molecule has 1 aliphatic carbocycles. The molecule has 0 heterocycles. The van der Waals surface area contributed by atoms with Gasteiger partial charge in [-0.25, -0.2) is 0 Å². The first-order chi connectivity index (χ1) is 6.43. The van der Waals surface area contributed by atoms with Crippen molar-refractivity contribution in [1.29, 1.82) is 0 Å². The van der Waals surface area contributed by atoms with Crippen LogP contribution in [-0.2, 0) is 0 Å². The maximum atomic E-state index is 2.39. The molecule has 76 valence electrons. The highest BCUT2D eigenvalue weighted by Gasteiger charge is 2.05. The van der Waals surface area contributed by atoms with E-state index >= 15 is 0 Å². The van der Waals surface area contributed by atoms with Crippen molar-refractivity contribution in [2.75, 3.05) is 0 Å². The molecule has 0 N–H and O–H groups in total. The van der Waals surface area contributed by atoms with E-state index < -0.39 is 0 Å². The largest absolute Gasteiger partial charge is 0.0885 e. The monoisotopic (exact) mass is 180 g/mol. The highest BCUT2D eigenvalue weighted by molar-refractivity contribution is 4.82. The first-order valence-corrected chi connectivity index (χ1v) is 6.08. The molecule has 0 fully saturated rings. The summed E-state index contributed by atoms with van der Waals surface area (Å²) in [5.74, 6) is 1.02. The van der Waals surface area contributed by atoms with E-state index in [1.807, 2.05) is 0 Å². The van der Waals surface area contributed by atoms with E-state index in [0.717, 1.165) is 5.92 Å². The van der Waals surface area contributed by atoms with E-state index in [1.54, 1.807) is 0 Å². The van der Waals surface area contributed by atoms with Crippen molar-refractivity contribution < 1.29 is 0 Å². The van der Waals surface area contributed by atoms with Gasteiger partial charge in [-0.1, -0.05) is 51.2 Å². The molecule has 1 unspecified atom stereocenters. The highest BCUT2D eigenvalue weighted by atomic mass is 14.1. The molecular formula is C13H24. The Balaban J connectivity index is 2.26. The molecule has 0 heteroatoms. The van der Waals surface area contributed by atoms with Gasteiger partial charge in [-0.2, -0.15) is 0 Å². The minimum atomic E-state index is 1.02. The van der Waals surface area contributed by atoms with Gasteiger partial charge >= 0.3 is 0 Å². The van der Waals surface area contributed by atoms with E-state index in [2.05, 4.69) is 19.1 Å². The lowest BCUT2D eigenvalue weighted by Gasteiger charge is -2.13. The van der Waals surface area contributed by atoms with Gasteiger partial charge in [0.05, 0.1) is 0 Å². The number of hydrogen-bond donors (Lipinski definition) is 0. The fourth-order valence-electron chi connectivity index (χ4n) is 2.18. The molecule has 0 nitrogen and oxygen atoms in total. The van der Waals surface area contributed by atoms with Crippen LogP contribution in [0.2, 0.25) is 0 Å². The van der Waals surface area contributed by atoms with Gasteiger partial charge in [-0.3, -0.25) is 0 Å². The Morgan fingerprint density at radius 3 is 2.38 bits per heavy atom. The summed E-state index contributed by atoms with van der Waals surface area (Å²) >= 11 is 0. The summed E-state index contributed by atoms with van der Waals surface area (Å²) < 4.78 is 0. The summed E-state index contributed by atoms with van der Waals surface area (Å²) in [6, 6.07) is 0. The third-order valence-corrected chi connectivity index (χ3v) is 3.21. The van der Waals surface area contributed by atoms with Crippen LogP contribution < -0.4 is 0 Å². The van der Waals surface area contributed by atoms with Crippen LogP contribution in [0.1, 0.15) is 64.7 Å². The van der Waals surface area contributed by atoms with Crippen LogP contribution in [0.25, 0.3) is 0 Å². The SMILES string of the molecule is CCC1CCCC=CCCCCC1. The number of hydrogen-bond acceptors (Lipinski definition) is 0. The van der Waals surface area contributed by atoms with Crippen molar-refractivity contribution in [3.05, 3.63) is 12.2 Å². The second kappa shape index (κ2) is 7.17. The fourth-order valence-corrected chi connectivity index (χ4v) is 2.18. The summed E-state index contributed by atoms with van der Waals surface area (Å²) in [6.45, 7) is 2.35. The zero-order chi connectivity index (χ0) is 9.36. The zero-order valence-electron chi connectivity index (χ0n) is 9.10. The normalized spacial score (nSPS) is 26.7. The molecule has 1 atom stereocenters. The van der Waals surface area contributed by atoms with Crippen LogP contribution in [0.5, 0.6) is 0 Å². The van der Waals surface area contributed by atoms with Gasteiger partial charge in [-0.15, -0.1) is 0 Å². The predicted molar refractivity (Wildman–Crippen MR) is 59.9 cm³/mol. The van der Waals surface area contributed by atoms with Gasteiger partial charge in [-0.05, 0) is 31.6 Å². The Morgan fingerprint density at radius 1 is 0.923 bits per heavy atom. The van der Waals surface area contributed by atoms with E-state index in [-0.39, 0.29) is 0 Å². The molecule has 0 aromatic rings. The minimum absolute atomic E-state index is 1.02. The van der Waals surface area contributed by atoms with E-state index in [0.29, 0.717) is 0 Å². The van der Waals surface area contributed by atoms with Gasteiger partial charge in [0.1, 0.15) is 0 Å². The summed E-state index contributed by atoms with van der Waals surface area (Å²) in [4.78, 5) is 0. The average molecular weight is 180 g/mol. The van der Waals surface area contributed by atoms with E-state index in [1.165, 1.54) is 57.8 Å². The number of rotatable bonds is 1. The molecule has 0 bridgehead atoms. The molecule has 0 amide bonds. The molecule has 0 aromatic carbocycles. The Labute approximate surface area is 83.4 Å². The van der Waals surface area contributed by atoms with Crippen LogP contribution in [0, 0.1) is 5.92 Å². The van der Waals surface area contributed by atoms with Crippen molar-refractivity contribution in [3.63, 3.8) is 0 Å². The molecule has 13 heavy (non-hydrogen) atoms. The van der Waals surface area contributed by atoms with Crippen molar-refractivity contribution >= 4 is 0 Å². The molecule has 0 saturated carbocycles. The second-order valence-corrected chi connectivity index (χ2v) is 4.31. The molecule has 0 aromatic heterocycles. The lowest BCUT2D eigenvalue weighted by Crippen LogP contribution is -1.98. The summed E-state index contributed by atoms with van der Waals surface area (Å²) in [5, 5.41) is 0. The molecule has 0 radical (unpaired) electrons. The Kier molecular flexibility index (Phi) is 5.97. The first kappa shape index (κ1) is 10.8. The fraction of sp³-hybridized carbons (Fsp3) is 0.846. The van der Waals surface area contributed by atoms with Gasteiger partial charge in [0.15, 0.2) is 0 Å². The van der Waals surface area contributed by atoms with E-state index in [4.69, 9.17) is 0 Å². The third kappa shape index (κ3) is 5.13. The standard InChI is InChI=1S/C13H24/c1-2-13-11-9-7-5-3-4-6-8-10-12-13/h3,5,13H,2,4,6-12H2,1H3. The summed E-state index contributed by atoms with van der Waals surface area (Å²) in [6.07, 6.45) is 17.5. The van der Waals surface area contributed by atoms with Crippen molar-refractivity contribution in [2.45, 2.75) is 64.7 Å². The average Bonchev–Trinajstić information content (AvgIpc) is 2.22. The van der Waals surface area contributed by atoms with Crippen LogP contribution in [-0.4, -0.2) is 0 Å². The van der Waals surface area contributed by atoms with Gasteiger partial charge in [0, 0.05) is 0 Å². The van der Waals surface area contributed by atoms with Crippen molar-refractivity contribution in [1.82, 2.24) is 0 Å². The molecule has 0 saturated heterocycles. The van der Waals surface area contributed by atoms with Crippen molar-refractivity contribution in [2.24, 2.45) is 5.92 Å².